The monoisotopic (exact) mass is 553 g/mol. The second-order valence-corrected chi connectivity index (χ2v) is 13.4. The summed E-state index contributed by atoms with van der Waals surface area (Å²) in [4.78, 5) is 48.5. The van der Waals surface area contributed by atoms with Gasteiger partial charge in [0.05, 0.1) is 29.2 Å². The fourth-order valence-corrected chi connectivity index (χ4v) is 9.48. The van der Waals surface area contributed by atoms with Gasteiger partial charge in [0.15, 0.2) is 0 Å². The van der Waals surface area contributed by atoms with Gasteiger partial charge in [-0.3, -0.25) is 14.4 Å². The van der Waals surface area contributed by atoms with Gasteiger partial charge in [-0.25, -0.2) is 0 Å². The van der Waals surface area contributed by atoms with Gasteiger partial charge < -0.3 is 19.8 Å². The third kappa shape index (κ3) is 4.73. The molecular formula is C31H43N3O4S. The van der Waals surface area contributed by atoms with Gasteiger partial charge in [0.2, 0.25) is 17.7 Å². The predicted octanol–water partition coefficient (Wildman–Crippen LogP) is 4.05. The van der Waals surface area contributed by atoms with Crippen LogP contribution < -0.4 is 0 Å². The van der Waals surface area contributed by atoms with Crippen molar-refractivity contribution >= 4 is 29.5 Å². The van der Waals surface area contributed by atoms with Crippen LogP contribution in [0.25, 0.3) is 0 Å². The summed E-state index contributed by atoms with van der Waals surface area (Å²) in [5.41, 5.74) is 0.773. The number of nitrogens with zero attached hydrogens (tertiary/aromatic N) is 3. The number of amides is 3. The number of likely N-dealkylation sites (tertiary alicyclic amines) is 1. The lowest BCUT2D eigenvalue weighted by Crippen LogP contribution is -2.57. The molecule has 3 amide bonds. The van der Waals surface area contributed by atoms with Crippen LogP contribution in [0.2, 0.25) is 0 Å². The number of hydrogen-bond donors (Lipinski definition) is 1. The van der Waals surface area contributed by atoms with Crippen LogP contribution in [-0.4, -0.2) is 85.3 Å². The molecule has 1 aromatic rings. The van der Waals surface area contributed by atoms with Gasteiger partial charge in [0.1, 0.15) is 6.04 Å². The zero-order valence-corrected chi connectivity index (χ0v) is 24.5. The van der Waals surface area contributed by atoms with E-state index in [1.807, 2.05) is 56.0 Å². The molecule has 1 spiro atoms. The molecule has 3 aliphatic rings. The average Bonchev–Trinajstić information content (AvgIpc) is 3.48. The van der Waals surface area contributed by atoms with Crippen molar-refractivity contribution in [2.75, 3.05) is 26.2 Å². The quantitative estimate of drug-likeness (QED) is 0.395. The van der Waals surface area contributed by atoms with Crippen molar-refractivity contribution in [1.29, 1.82) is 0 Å². The molecule has 6 atom stereocenters. The minimum atomic E-state index is -0.793. The summed E-state index contributed by atoms with van der Waals surface area (Å²) < 4.78 is -1.19. The highest BCUT2D eigenvalue weighted by Gasteiger charge is 2.78. The molecule has 0 saturated carbocycles. The zero-order valence-electron chi connectivity index (χ0n) is 23.7. The highest BCUT2D eigenvalue weighted by atomic mass is 32.2. The van der Waals surface area contributed by atoms with Gasteiger partial charge in [0.25, 0.3) is 0 Å². The van der Waals surface area contributed by atoms with Crippen LogP contribution in [0.3, 0.4) is 0 Å². The Morgan fingerprint density at radius 1 is 1.15 bits per heavy atom. The molecule has 0 aliphatic carbocycles. The van der Waals surface area contributed by atoms with Crippen molar-refractivity contribution in [2.24, 2.45) is 11.8 Å². The molecule has 1 N–H and O–H groups in total. The van der Waals surface area contributed by atoms with Crippen LogP contribution >= 0.6 is 11.8 Å². The number of fused-ring (bicyclic) bond motifs is 1. The Morgan fingerprint density at radius 3 is 2.38 bits per heavy atom. The van der Waals surface area contributed by atoms with E-state index in [1.165, 1.54) is 0 Å². The topological polar surface area (TPSA) is 81.2 Å². The van der Waals surface area contributed by atoms with E-state index >= 15 is 0 Å². The molecule has 3 heterocycles. The maximum atomic E-state index is 14.6. The van der Waals surface area contributed by atoms with E-state index in [4.69, 9.17) is 0 Å². The van der Waals surface area contributed by atoms with E-state index < -0.39 is 33.4 Å². The van der Waals surface area contributed by atoms with Gasteiger partial charge >= 0.3 is 0 Å². The number of aliphatic hydroxyl groups excluding tert-OH is 1. The predicted molar refractivity (Wildman–Crippen MR) is 156 cm³/mol. The summed E-state index contributed by atoms with van der Waals surface area (Å²) in [6.45, 7) is 16.8. The van der Waals surface area contributed by atoms with Crippen molar-refractivity contribution in [3.63, 3.8) is 0 Å². The second-order valence-electron chi connectivity index (χ2n) is 11.5. The number of carbonyl (C=O) groups excluding carboxylic acids is 3. The Labute approximate surface area is 237 Å². The Hall–Kier alpha value is -2.58. The van der Waals surface area contributed by atoms with Gasteiger partial charge in [-0.05, 0) is 45.6 Å². The van der Waals surface area contributed by atoms with Crippen LogP contribution in [0.5, 0.6) is 0 Å². The molecule has 3 saturated heterocycles. The molecule has 0 aromatic heterocycles. The van der Waals surface area contributed by atoms with Gasteiger partial charge in [0, 0.05) is 30.4 Å². The van der Waals surface area contributed by atoms with Crippen molar-refractivity contribution in [3.05, 3.63) is 61.2 Å². The Morgan fingerprint density at radius 2 is 1.82 bits per heavy atom. The first-order valence-electron chi connectivity index (χ1n) is 14.1. The van der Waals surface area contributed by atoms with E-state index in [2.05, 4.69) is 20.1 Å². The van der Waals surface area contributed by atoms with Crippen LogP contribution in [0.4, 0.5) is 0 Å². The molecule has 4 rings (SSSR count). The lowest BCUT2D eigenvalue weighted by atomic mass is 9.66. The first kappa shape index (κ1) is 29.4. The smallest absolute Gasteiger partial charge is 0.247 e. The van der Waals surface area contributed by atoms with E-state index in [9.17, 15) is 19.5 Å². The Balaban J connectivity index is 1.87. The molecule has 3 aliphatic heterocycles. The number of carbonyl (C=O) groups is 3. The van der Waals surface area contributed by atoms with E-state index in [0.29, 0.717) is 26.1 Å². The molecule has 7 nitrogen and oxygen atoms in total. The van der Waals surface area contributed by atoms with Crippen molar-refractivity contribution in [3.8, 4) is 0 Å². The molecular weight excluding hydrogens is 510 g/mol. The minimum Gasteiger partial charge on any atom is -0.394 e. The third-order valence-electron chi connectivity index (χ3n) is 8.79. The molecule has 1 aromatic carbocycles. The van der Waals surface area contributed by atoms with E-state index in [1.54, 1.807) is 33.7 Å². The number of hydrogen-bond acceptors (Lipinski definition) is 5. The number of benzene rings is 1. The molecule has 2 bridgehead atoms. The van der Waals surface area contributed by atoms with Crippen LogP contribution in [0.15, 0.2) is 55.6 Å². The molecule has 8 heteroatoms. The van der Waals surface area contributed by atoms with Crippen LogP contribution in [-0.2, 0) is 14.4 Å². The highest BCUT2D eigenvalue weighted by molar-refractivity contribution is 8.02. The first-order chi connectivity index (χ1) is 18.6. The molecule has 3 fully saturated rings. The van der Waals surface area contributed by atoms with Crippen LogP contribution in [0.1, 0.15) is 58.6 Å². The number of thioether (sulfide) groups is 1. The zero-order chi connectivity index (χ0) is 28.5. The largest absolute Gasteiger partial charge is 0.394 e. The fraction of sp³-hybridized carbons (Fsp3) is 0.581. The van der Waals surface area contributed by atoms with Crippen molar-refractivity contribution in [1.82, 2.24) is 14.7 Å². The SMILES string of the molecule is C=CCN(CCC)C(=O)[C@@H]1[C@H]2C(=O)N([C@H](CO)c3ccccc3)C(C(=O)N(CC=C)C(C)C)C23CC[C@@]1(C)S3. The highest BCUT2D eigenvalue weighted by Crippen LogP contribution is 2.72. The minimum absolute atomic E-state index is 0.0354. The number of aliphatic hydroxyl groups is 1. The van der Waals surface area contributed by atoms with Gasteiger partial charge in [-0.2, -0.15) is 0 Å². The van der Waals surface area contributed by atoms with E-state index in [-0.39, 0.29) is 30.4 Å². The maximum Gasteiger partial charge on any atom is 0.247 e. The first-order valence-corrected chi connectivity index (χ1v) is 14.9. The lowest BCUT2D eigenvalue weighted by molar-refractivity contribution is -0.148. The second kappa shape index (κ2) is 11.5. The van der Waals surface area contributed by atoms with Crippen molar-refractivity contribution < 1.29 is 19.5 Å². The van der Waals surface area contributed by atoms with E-state index in [0.717, 1.165) is 18.4 Å². The Kier molecular flexibility index (Phi) is 8.67. The van der Waals surface area contributed by atoms with Crippen LogP contribution in [0, 0.1) is 11.8 Å². The molecule has 2 unspecified atom stereocenters. The van der Waals surface area contributed by atoms with Crippen molar-refractivity contribution in [2.45, 2.75) is 74.6 Å². The molecule has 0 radical (unpaired) electrons. The summed E-state index contributed by atoms with van der Waals surface area (Å²) in [7, 11) is 0. The number of rotatable bonds is 12. The molecule has 39 heavy (non-hydrogen) atoms. The summed E-state index contributed by atoms with van der Waals surface area (Å²) in [6, 6.07) is 7.82. The lowest BCUT2D eigenvalue weighted by Gasteiger charge is -2.40. The Bertz CT molecular complexity index is 1110. The molecule has 212 valence electrons. The fourth-order valence-electron chi connectivity index (χ4n) is 7.15. The summed E-state index contributed by atoms with van der Waals surface area (Å²) in [5.74, 6) is -1.56. The summed E-state index contributed by atoms with van der Waals surface area (Å²) >= 11 is 1.67. The normalized spacial score (nSPS) is 29.8. The average molecular weight is 554 g/mol. The van der Waals surface area contributed by atoms with Gasteiger partial charge in [-0.15, -0.1) is 24.9 Å². The maximum absolute atomic E-state index is 14.6. The standard InChI is InChI=1S/C31H43N3O4S/c1-7-17-32(18-8-2)27(36)24-25-28(37)34(23(20-35)22-13-11-10-12-14-22)26(29(38)33(19-9-3)21(4)5)31(25)16-15-30(24,6)39-31/h7,9-14,21,23-26,35H,1,3,8,15-20H2,2,4-6H3/t23-,24+,25+,26?,30-,31?/m1/s1. The van der Waals surface area contributed by atoms with Gasteiger partial charge in [-0.1, -0.05) is 49.4 Å². The third-order valence-corrected chi connectivity index (χ3v) is 10.8. The summed E-state index contributed by atoms with van der Waals surface area (Å²) in [5, 5.41) is 10.7. The summed E-state index contributed by atoms with van der Waals surface area (Å²) in [6.07, 6.45) is 5.66.